The SMILES string of the molecule is Cn1c(OCC2CCCN2)nc2ccccc21. The molecular formula is C13H17N3O. The molecule has 0 spiro atoms. The zero-order valence-corrected chi connectivity index (χ0v) is 10.0. The van der Waals surface area contributed by atoms with Gasteiger partial charge in [0.05, 0.1) is 11.0 Å². The molecule has 2 aromatic rings. The second-order valence-corrected chi connectivity index (χ2v) is 4.55. The van der Waals surface area contributed by atoms with Gasteiger partial charge >= 0.3 is 0 Å². The van der Waals surface area contributed by atoms with Crippen molar-refractivity contribution in [1.29, 1.82) is 0 Å². The van der Waals surface area contributed by atoms with Gasteiger partial charge in [0, 0.05) is 13.1 Å². The van der Waals surface area contributed by atoms with E-state index >= 15 is 0 Å². The van der Waals surface area contributed by atoms with E-state index in [0.29, 0.717) is 18.7 Å². The number of fused-ring (bicyclic) bond motifs is 1. The van der Waals surface area contributed by atoms with E-state index in [0.717, 1.165) is 17.6 Å². The molecule has 1 aromatic heterocycles. The van der Waals surface area contributed by atoms with Crippen LogP contribution in [0, 0.1) is 0 Å². The summed E-state index contributed by atoms with van der Waals surface area (Å²) in [6, 6.07) is 9.28. The van der Waals surface area contributed by atoms with Crippen molar-refractivity contribution in [3.05, 3.63) is 24.3 Å². The Morgan fingerprint density at radius 1 is 1.47 bits per heavy atom. The molecule has 4 heteroatoms. The molecule has 1 atom stereocenters. The first-order valence-electron chi connectivity index (χ1n) is 6.12. The van der Waals surface area contributed by atoms with E-state index in [9.17, 15) is 0 Å². The Balaban J connectivity index is 1.78. The lowest BCUT2D eigenvalue weighted by atomic mass is 10.2. The van der Waals surface area contributed by atoms with Crippen molar-refractivity contribution in [2.24, 2.45) is 7.05 Å². The highest BCUT2D eigenvalue weighted by Gasteiger charge is 2.16. The Bertz CT molecular complexity index is 514. The molecule has 0 bridgehead atoms. The quantitative estimate of drug-likeness (QED) is 0.874. The number of hydrogen-bond donors (Lipinski definition) is 1. The van der Waals surface area contributed by atoms with Crippen LogP contribution in [0.5, 0.6) is 6.01 Å². The van der Waals surface area contributed by atoms with Gasteiger partial charge in [-0.25, -0.2) is 0 Å². The standard InChI is InChI=1S/C13H17N3O/c1-16-12-7-3-2-6-11(12)15-13(16)17-9-10-5-4-8-14-10/h2-3,6-7,10,14H,4-5,8-9H2,1H3. The van der Waals surface area contributed by atoms with Crippen molar-refractivity contribution < 1.29 is 4.74 Å². The Hall–Kier alpha value is -1.55. The zero-order chi connectivity index (χ0) is 11.7. The predicted octanol–water partition coefficient (Wildman–Crippen LogP) is 1.70. The number of aryl methyl sites for hydroxylation is 1. The maximum absolute atomic E-state index is 5.80. The van der Waals surface area contributed by atoms with Crippen LogP contribution < -0.4 is 10.1 Å². The molecule has 2 heterocycles. The van der Waals surface area contributed by atoms with Gasteiger partial charge in [-0.15, -0.1) is 0 Å². The second kappa shape index (κ2) is 4.37. The number of nitrogens with one attached hydrogen (secondary N) is 1. The van der Waals surface area contributed by atoms with Gasteiger partial charge in [-0.3, -0.25) is 4.57 Å². The third-order valence-electron chi connectivity index (χ3n) is 3.32. The van der Waals surface area contributed by atoms with E-state index in [1.807, 2.05) is 29.8 Å². The lowest BCUT2D eigenvalue weighted by Gasteiger charge is -2.11. The van der Waals surface area contributed by atoms with Crippen LogP contribution >= 0.6 is 0 Å². The van der Waals surface area contributed by atoms with Crippen molar-refractivity contribution in [2.45, 2.75) is 18.9 Å². The maximum atomic E-state index is 5.80. The van der Waals surface area contributed by atoms with Gasteiger partial charge in [0.2, 0.25) is 0 Å². The zero-order valence-electron chi connectivity index (χ0n) is 10.0. The van der Waals surface area contributed by atoms with Gasteiger partial charge in [0.25, 0.3) is 6.01 Å². The molecule has 1 aliphatic heterocycles. The second-order valence-electron chi connectivity index (χ2n) is 4.55. The molecule has 1 N–H and O–H groups in total. The molecule has 0 aliphatic carbocycles. The summed E-state index contributed by atoms with van der Waals surface area (Å²) in [5, 5.41) is 3.42. The summed E-state index contributed by atoms with van der Waals surface area (Å²) in [4.78, 5) is 4.49. The average molecular weight is 231 g/mol. The number of ether oxygens (including phenoxy) is 1. The van der Waals surface area contributed by atoms with Crippen molar-refractivity contribution in [1.82, 2.24) is 14.9 Å². The maximum Gasteiger partial charge on any atom is 0.297 e. The summed E-state index contributed by atoms with van der Waals surface area (Å²) in [5.74, 6) is 0. The molecule has 1 unspecified atom stereocenters. The normalized spacial score (nSPS) is 19.9. The molecule has 0 radical (unpaired) electrons. The summed E-state index contributed by atoms with van der Waals surface area (Å²) >= 11 is 0. The summed E-state index contributed by atoms with van der Waals surface area (Å²) < 4.78 is 7.80. The Labute approximate surface area is 101 Å². The van der Waals surface area contributed by atoms with Gasteiger partial charge in [-0.05, 0) is 31.5 Å². The number of imidazole rings is 1. The van der Waals surface area contributed by atoms with E-state index in [1.54, 1.807) is 0 Å². The third-order valence-corrected chi connectivity index (χ3v) is 3.32. The Kier molecular flexibility index (Phi) is 2.73. The number of hydrogen-bond acceptors (Lipinski definition) is 3. The first-order valence-corrected chi connectivity index (χ1v) is 6.12. The minimum atomic E-state index is 0.481. The molecule has 0 saturated carbocycles. The number of rotatable bonds is 3. The predicted molar refractivity (Wildman–Crippen MR) is 67.2 cm³/mol. The smallest absolute Gasteiger partial charge is 0.297 e. The van der Waals surface area contributed by atoms with E-state index in [-0.39, 0.29) is 0 Å². The van der Waals surface area contributed by atoms with Crippen molar-refractivity contribution in [2.75, 3.05) is 13.2 Å². The van der Waals surface area contributed by atoms with Crippen LogP contribution in [0.15, 0.2) is 24.3 Å². The van der Waals surface area contributed by atoms with E-state index < -0.39 is 0 Å². The Morgan fingerprint density at radius 3 is 3.12 bits per heavy atom. The molecule has 17 heavy (non-hydrogen) atoms. The van der Waals surface area contributed by atoms with E-state index in [1.165, 1.54) is 12.8 Å². The number of para-hydroxylation sites is 2. The van der Waals surface area contributed by atoms with Crippen LogP contribution in [0.3, 0.4) is 0 Å². The van der Waals surface area contributed by atoms with Gasteiger partial charge < -0.3 is 10.1 Å². The number of benzene rings is 1. The molecule has 90 valence electrons. The van der Waals surface area contributed by atoms with Crippen LogP contribution in [-0.2, 0) is 7.05 Å². The molecule has 4 nitrogen and oxygen atoms in total. The molecule has 3 rings (SSSR count). The van der Waals surface area contributed by atoms with E-state index in [2.05, 4.69) is 16.4 Å². The highest BCUT2D eigenvalue weighted by Crippen LogP contribution is 2.19. The largest absolute Gasteiger partial charge is 0.463 e. The fourth-order valence-corrected chi connectivity index (χ4v) is 2.33. The molecular weight excluding hydrogens is 214 g/mol. The lowest BCUT2D eigenvalue weighted by molar-refractivity contribution is 0.251. The van der Waals surface area contributed by atoms with Crippen LogP contribution in [0.4, 0.5) is 0 Å². The molecule has 0 amide bonds. The summed E-state index contributed by atoms with van der Waals surface area (Å²) in [5.41, 5.74) is 2.10. The highest BCUT2D eigenvalue weighted by molar-refractivity contribution is 5.76. The molecule has 1 saturated heterocycles. The molecule has 1 fully saturated rings. The van der Waals surface area contributed by atoms with Crippen molar-refractivity contribution in [3.63, 3.8) is 0 Å². The molecule has 1 aliphatic rings. The lowest BCUT2D eigenvalue weighted by Crippen LogP contribution is -2.28. The number of nitrogens with zero attached hydrogens (tertiary/aromatic N) is 2. The van der Waals surface area contributed by atoms with Crippen LogP contribution in [0.1, 0.15) is 12.8 Å². The highest BCUT2D eigenvalue weighted by atomic mass is 16.5. The monoisotopic (exact) mass is 231 g/mol. The fraction of sp³-hybridized carbons (Fsp3) is 0.462. The first kappa shape index (κ1) is 10.6. The van der Waals surface area contributed by atoms with Crippen LogP contribution in [0.25, 0.3) is 11.0 Å². The van der Waals surface area contributed by atoms with Gasteiger partial charge in [-0.2, -0.15) is 4.98 Å². The Morgan fingerprint density at radius 2 is 2.35 bits per heavy atom. The minimum Gasteiger partial charge on any atom is -0.463 e. The first-order chi connectivity index (χ1) is 8.34. The van der Waals surface area contributed by atoms with Gasteiger partial charge in [0.15, 0.2) is 0 Å². The third kappa shape index (κ3) is 2.00. The van der Waals surface area contributed by atoms with Crippen molar-refractivity contribution >= 4 is 11.0 Å². The number of aromatic nitrogens is 2. The van der Waals surface area contributed by atoms with Crippen LogP contribution in [-0.4, -0.2) is 28.7 Å². The van der Waals surface area contributed by atoms with Gasteiger partial charge in [-0.1, -0.05) is 12.1 Å². The van der Waals surface area contributed by atoms with Crippen molar-refractivity contribution in [3.8, 4) is 6.01 Å². The average Bonchev–Trinajstić information content (AvgIpc) is 2.96. The topological polar surface area (TPSA) is 39.1 Å². The van der Waals surface area contributed by atoms with Crippen LogP contribution in [0.2, 0.25) is 0 Å². The molecule has 1 aromatic carbocycles. The van der Waals surface area contributed by atoms with E-state index in [4.69, 9.17) is 4.74 Å². The van der Waals surface area contributed by atoms with Gasteiger partial charge in [0.1, 0.15) is 6.61 Å². The minimum absolute atomic E-state index is 0.481. The summed E-state index contributed by atoms with van der Waals surface area (Å²) in [6.45, 7) is 1.81. The summed E-state index contributed by atoms with van der Waals surface area (Å²) in [6.07, 6.45) is 2.44. The summed E-state index contributed by atoms with van der Waals surface area (Å²) in [7, 11) is 1.99. The fourth-order valence-electron chi connectivity index (χ4n) is 2.33.